The highest BCUT2D eigenvalue weighted by Gasteiger charge is 2.03. The summed E-state index contributed by atoms with van der Waals surface area (Å²) in [7, 11) is 0. The van der Waals surface area contributed by atoms with E-state index in [1.807, 2.05) is 19.1 Å². The molecule has 1 aromatic rings. The van der Waals surface area contributed by atoms with Gasteiger partial charge in [0.15, 0.2) is 0 Å². The lowest BCUT2D eigenvalue weighted by atomic mass is 10.3. The van der Waals surface area contributed by atoms with Crippen molar-refractivity contribution >= 4 is 23.5 Å². The van der Waals surface area contributed by atoms with Crippen molar-refractivity contribution in [2.45, 2.75) is 20.3 Å². The van der Waals surface area contributed by atoms with Crippen LogP contribution in [0.25, 0.3) is 12.2 Å². The molecular formula is C10H13NS. The van der Waals surface area contributed by atoms with Gasteiger partial charge in [0.25, 0.3) is 0 Å². The van der Waals surface area contributed by atoms with E-state index in [-0.39, 0.29) is 0 Å². The quantitative estimate of drug-likeness (QED) is 0.693. The average Bonchev–Trinajstić information content (AvgIpc) is 2.48. The highest BCUT2D eigenvalue weighted by atomic mass is 32.1. The Bertz CT molecular complexity index is 297. The molecule has 0 saturated heterocycles. The maximum absolute atomic E-state index is 4.42. The molecule has 1 aromatic heterocycles. The third-order valence-electron chi connectivity index (χ3n) is 1.54. The average molecular weight is 179 g/mol. The van der Waals surface area contributed by atoms with E-state index in [4.69, 9.17) is 0 Å². The molecule has 0 saturated carbocycles. The van der Waals surface area contributed by atoms with Crippen LogP contribution in [0.3, 0.4) is 0 Å². The third-order valence-corrected chi connectivity index (χ3v) is 2.72. The number of rotatable bonds is 3. The molecule has 0 aromatic carbocycles. The Morgan fingerprint density at radius 2 is 2.33 bits per heavy atom. The first-order valence-corrected chi connectivity index (χ1v) is 4.88. The molecule has 0 radical (unpaired) electrons. The van der Waals surface area contributed by atoms with E-state index in [1.165, 1.54) is 9.88 Å². The number of aryl methyl sites for hydroxylation is 1. The van der Waals surface area contributed by atoms with E-state index in [2.05, 4.69) is 24.6 Å². The minimum Gasteiger partial charge on any atom is -0.241 e. The van der Waals surface area contributed by atoms with Gasteiger partial charge in [0, 0.05) is 0 Å². The van der Waals surface area contributed by atoms with E-state index >= 15 is 0 Å². The maximum Gasteiger partial charge on any atom is 0.0935 e. The van der Waals surface area contributed by atoms with Crippen LogP contribution in [0.4, 0.5) is 0 Å². The Labute approximate surface area is 77.5 Å². The van der Waals surface area contributed by atoms with Crippen molar-refractivity contribution in [3.63, 3.8) is 0 Å². The van der Waals surface area contributed by atoms with Crippen molar-refractivity contribution in [2.75, 3.05) is 0 Å². The van der Waals surface area contributed by atoms with Gasteiger partial charge in [-0.1, -0.05) is 19.6 Å². The van der Waals surface area contributed by atoms with Crippen LogP contribution in [-0.2, 0) is 6.42 Å². The highest BCUT2D eigenvalue weighted by molar-refractivity contribution is 7.12. The largest absolute Gasteiger partial charge is 0.241 e. The van der Waals surface area contributed by atoms with Crippen LogP contribution in [-0.4, -0.2) is 4.98 Å². The van der Waals surface area contributed by atoms with Crippen LogP contribution < -0.4 is 0 Å². The van der Waals surface area contributed by atoms with Gasteiger partial charge in [-0.3, -0.25) is 0 Å². The SMILES string of the molecule is C=Cc1nc(CC)sc1/C=C\C. The minimum atomic E-state index is 1.00. The van der Waals surface area contributed by atoms with Gasteiger partial charge in [-0.25, -0.2) is 4.98 Å². The summed E-state index contributed by atoms with van der Waals surface area (Å²) in [6.07, 6.45) is 6.92. The predicted molar refractivity (Wildman–Crippen MR) is 56.3 cm³/mol. The first-order valence-electron chi connectivity index (χ1n) is 4.06. The molecule has 0 aliphatic heterocycles. The van der Waals surface area contributed by atoms with Crippen molar-refractivity contribution in [2.24, 2.45) is 0 Å². The molecule has 1 heterocycles. The lowest BCUT2D eigenvalue weighted by molar-refractivity contribution is 1.09. The van der Waals surface area contributed by atoms with Crippen LogP contribution in [0.15, 0.2) is 12.7 Å². The van der Waals surface area contributed by atoms with Crippen molar-refractivity contribution in [1.29, 1.82) is 0 Å². The molecule has 0 aliphatic carbocycles. The first-order chi connectivity index (χ1) is 5.81. The zero-order chi connectivity index (χ0) is 8.97. The van der Waals surface area contributed by atoms with Gasteiger partial charge in [-0.2, -0.15) is 0 Å². The van der Waals surface area contributed by atoms with Gasteiger partial charge in [-0.05, 0) is 25.5 Å². The lowest BCUT2D eigenvalue weighted by Gasteiger charge is -1.84. The molecule has 64 valence electrons. The molecule has 0 spiro atoms. The summed E-state index contributed by atoms with van der Waals surface area (Å²) in [5, 5.41) is 1.18. The van der Waals surface area contributed by atoms with Crippen LogP contribution in [0.5, 0.6) is 0 Å². The van der Waals surface area contributed by atoms with Gasteiger partial charge in [0.2, 0.25) is 0 Å². The number of allylic oxidation sites excluding steroid dienone is 1. The van der Waals surface area contributed by atoms with Crippen molar-refractivity contribution in [1.82, 2.24) is 4.98 Å². The van der Waals surface area contributed by atoms with E-state index in [1.54, 1.807) is 11.3 Å². The second-order valence-electron chi connectivity index (χ2n) is 2.41. The summed E-state index contributed by atoms with van der Waals surface area (Å²) in [4.78, 5) is 5.63. The molecule has 0 atom stereocenters. The summed E-state index contributed by atoms with van der Waals surface area (Å²) in [5.74, 6) is 0. The second kappa shape index (κ2) is 4.21. The predicted octanol–water partition coefficient (Wildman–Crippen LogP) is 3.38. The Morgan fingerprint density at radius 1 is 1.58 bits per heavy atom. The van der Waals surface area contributed by atoms with Crippen LogP contribution >= 0.6 is 11.3 Å². The lowest BCUT2D eigenvalue weighted by Crippen LogP contribution is -1.77. The third kappa shape index (κ3) is 1.83. The standard InChI is InChI=1S/C10H13NS/c1-4-7-9-8(5-2)11-10(6-3)12-9/h4-5,7H,2,6H2,1,3H3/b7-4-. The van der Waals surface area contributed by atoms with Crippen molar-refractivity contribution in [3.05, 3.63) is 28.2 Å². The van der Waals surface area contributed by atoms with Gasteiger partial charge in [0.05, 0.1) is 15.6 Å². The zero-order valence-electron chi connectivity index (χ0n) is 7.50. The molecule has 12 heavy (non-hydrogen) atoms. The van der Waals surface area contributed by atoms with Crippen LogP contribution in [0.1, 0.15) is 29.4 Å². The summed E-state index contributed by atoms with van der Waals surface area (Å²) in [6, 6.07) is 0. The monoisotopic (exact) mass is 179 g/mol. The molecule has 0 amide bonds. The summed E-state index contributed by atoms with van der Waals surface area (Å²) in [5.41, 5.74) is 1.01. The van der Waals surface area contributed by atoms with E-state index in [0.29, 0.717) is 0 Å². The maximum atomic E-state index is 4.42. The van der Waals surface area contributed by atoms with Gasteiger partial charge in [0.1, 0.15) is 0 Å². The Hall–Kier alpha value is -0.890. The topological polar surface area (TPSA) is 12.9 Å². The van der Waals surface area contributed by atoms with Gasteiger partial charge < -0.3 is 0 Å². The molecule has 2 heteroatoms. The summed E-state index contributed by atoms with van der Waals surface area (Å²) >= 11 is 1.74. The number of hydrogen-bond donors (Lipinski definition) is 0. The number of hydrogen-bond acceptors (Lipinski definition) is 2. The Morgan fingerprint density at radius 3 is 2.83 bits per heavy atom. The van der Waals surface area contributed by atoms with E-state index in [0.717, 1.165) is 12.1 Å². The van der Waals surface area contributed by atoms with Crippen LogP contribution in [0, 0.1) is 0 Å². The number of thiazole rings is 1. The van der Waals surface area contributed by atoms with Crippen molar-refractivity contribution in [3.8, 4) is 0 Å². The van der Waals surface area contributed by atoms with Crippen molar-refractivity contribution < 1.29 is 0 Å². The molecule has 1 nitrogen and oxygen atoms in total. The number of aromatic nitrogens is 1. The fraction of sp³-hybridized carbons (Fsp3) is 0.300. The summed E-state index contributed by atoms with van der Waals surface area (Å²) in [6.45, 7) is 7.86. The first kappa shape index (κ1) is 9.20. The molecular weight excluding hydrogens is 166 g/mol. The zero-order valence-corrected chi connectivity index (χ0v) is 8.32. The molecule has 0 aliphatic rings. The normalized spacial score (nSPS) is 10.8. The summed E-state index contributed by atoms with van der Waals surface area (Å²) < 4.78 is 0. The highest BCUT2D eigenvalue weighted by Crippen LogP contribution is 2.21. The minimum absolute atomic E-state index is 1.00. The second-order valence-corrected chi connectivity index (χ2v) is 3.53. The van der Waals surface area contributed by atoms with Gasteiger partial charge >= 0.3 is 0 Å². The molecule has 0 fully saturated rings. The van der Waals surface area contributed by atoms with E-state index in [9.17, 15) is 0 Å². The molecule has 0 N–H and O–H groups in total. The fourth-order valence-corrected chi connectivity index (χ4v) is 1.94. The smallest absolute Gasteiger partial charge is 0.0935 e. The molecule has 0 bridgehead atoms. The van der Waals surface area contributed by atoms with Crippen LogP contribution in [0.2, 0.25) is 0 Å². The molecule has 0 unspecified atom stereocenters. The fourth-order valence-electron chi connectivity index (χ4n) is 0.960. The molecule has 1 rings (SSSR count). The Balaban J connectivity index is 3.07. The van der Waals surface area contributed by atoms with E-state index < -0.39 is 0 Å². The Kier molecular flexibility index (Phi) is 3.23. The van der Waals surface area contributed by atoms with Gasteiger partial charge in [-0.15, -0.1) is 11.3 Å². The number of nitrogens with zero attached hydrogens (tertiary/aromatic N) is 1.